The molecule has 0 radical (unpaired) electrons. The molecule has 0 saturated carbocycles. The molecule has 4 rings (SSSR count). The zero-order valence-corrected chi connectivity index (χ0v) is 18.2. The van der Waals surface area contributed by atoms with Crippen molar-refractivity contribution in [2.75, 3.05) is 37.7 Å². The lowest BCUT2D eigenvalue weighted by Crippen LogP contribution is -2.51. The standard InChI is InChI=1S/C20H20F3N5O3S/c1-3-31-19(30)27-10-8-26(9-11-27)15-12(2)16(20(21,22)23)25-28(17(15)29)18-24-13-6-4-5-7-14(13)32-18/h4-7H,3,8-11H2,1-2H3. The molecule has 1 saturated heterocycles. The van der Waals surface area contributed by atoms with Gasteiger partial charge in [-0.15, -0.1) is 0 Å². The predicted molar refractivity (Wildman–Crippen MR) is 114 cm³/mol. The molecule has 32 heavy (non-hydrogen) atoms. The number of amides is 1. The third kappa shape index (κ3) is 4.01. The fourth-order valence-electron chi connectivity index (χ4n) is 3.64. The van der Waals surface area contributed by atoms with Crippen molar-refractivity contribution in [3.8, 4) is 5.13 Å². The molecule has 1 amide bonds. The molecule has 1 fully saturated rings. The van der Waals surface area contributed by atoms with E-state index >= 15 is 0 Å². The van der Waals surface area contributed by atoms with Crippen LogP contribution in [-0.4, -0.2) is 58.5 Å². The van der Waals surface area contributed by atoms with Gasteiger partial charge < -0.3 is 14.5 Å². The van der Waals surface area contributed by atoms with Crippen molar-refractivity contribution in [2.45, 2.75) is 20.0 Å². The molecule has 12 heteroatoms. The van der Waals surface area contributed by atoms with Gasteiger partial charge >= 0.3 is 12.3 Å². The van der Waals surface area contributed by atoms with E-state index in [9.17, 15) is 22.8 Å². The van der Waals surface area contributed by atoms with Crippen molar-refractivity contribution >= 4 is 33.3 Å². The van der Waals surface area contributed by atoms with Gasteiger partial charge in [-0.05, 0) is 26.0 Å². The minimum absolute atomic E-state index is 0.0631. The molecule has 3 aromatic rings. The summed E-state index contributed by atoms with van der Waals surface area (Å²) in [7, 11) is 0. The van der Waals surface area contributed by atoms with Crippen molar-refractivity contribution in [3.05, 3.63) is 45.9 Å². The first kappa shape index (κ1) is 22.1. The average Bonchev–Trinajstić information content (AvgIpc) is 3.17. The Labute approximate surface area is 184 Å². The maximum absolute atomic E-state index is 13.8. The van der Waals surface area contributed by atoms with E-state index in [2.05, 4.69) is 10.1 Å². The Bertz CT molecular complexity index is 1180. The van der Waals surface area contributed by atoms with Crippen LogP contribution in [0.3, 0.4) is 0 Å². The van der Waals surface area contributed by atoms with Gasteiger partial charge in [0.05, 0.1) is 16.8 Å². The number of hydrogen-bond donors (Lipinski definition) is 0. The molecule has 2 aromatic heterocycles. The molecule has 0 spiro atoms. The number of anilines is 1. The summed E-state index contributed by atoms with van der Waals surface area (Å²) in [6, 6.07) is 7.03. The summed E-state index contributed by atoms with van der Waals surface area (Å²) in [6.07, 6.45) is -5.24. The average molecular weight is 467 g/mol. The van der Waals surface area contributed by atoms with E-state index < -0.39 is 23.5 Å². The van der Waals surface area contributed by atoms with Gasteiger partial charge in [-0.25, -0.2) is 9.78 Å². The van der Waals surface area contributed by atoms with E-state index in [0.717, 1.165) is 20.7 Å². The minimum Gasteiger partial charge on any atom is -0.450 e. The lowest BCUT2D eigenvalue weighted by molar-refractivity contribution is -0.142. The number of alkyl halides is 3. The van der Waals surface area contributed by atoms with Crippen LogP contribution in [0.15, 0.2) is 29.1 Å². The SMILES string of the molecule is CCOC(=O)N1CCN(c2c(C)c(C(F)(F)F)nn(-c3nc4ccccc4s3)c2=O)CC1. The van der Waals surface area contributed by atoms with Gasteiger partial charge in [0.25, 0.3) is 5.56 Å². The Morgan fingerprint density at radius 3 is 2.50 bits per heavy atom. The number of halogens is 3. The molecule has 0 bridgehead atoms. The van der Waals surface area contributed by atoms with Gasteiger partial charge in [-0.2, -0.15) is 23.0 Å². The van der Waals surface area contributed by atoms with Crippen LogP contribution in [0.5, 0.6) is 0 Å². The molecule has 0 unspecified atom stereocenters. The quantitative estimate of drug-likeness (QED) is 0.587. The molecule has 0 aliphatic carbocycles. The molecule has 1 aliphatic rings. The summed E-state index contributed by atoms with van der Waals surface area (Å²) in [5.41, 5.74) is -1.59. The Hall–Kier alpha value is -3.15. The number of nitrogens with zero attached hydrogens (tertiary/aromatic N) is 5. The van der Waals surface area contributed by atoms with Crippen molar-refractivity contribution < 1.29 is 22.7 Å². The van der Waals surface area contributed by atoms with Crippen LogP contribution in [0.1, 0.15) is 18.2 Å². The number of thiazole rings is 1. The third-order valence-electron chi connectivity index (χ3n) is 5.16. The topological polar surface area (TPSA) is 80.6 Å². The second kappa shape index (κ2) is 8.41. The Morgan fingerprint density at radius 2 is 1.88 bits per heavy atom. The van der Waals surface area contributed by atoms with Crippen LogP contribution < -0.4 is 10.5 Å². The molecule has 170 valence electrons. The molecular weight excluding hydrogens is 447 g/mol. The second-order valence-corrected chi connectivity index (χ2v) is 8.18. The highest BCUT2D eigenvalue weighted by Gasteiger charge is 2.39. The van der Waals surface area contributed by atoms with Gasteiger partial charge in [0.1, 0.15) is 5.69 Å². The highest BCUT2D eigenvalue weighted by atomic mass is 32.1. The van der Waals surface area contributed by atoms with E-state index in [1.54, 1.807) is 36.1 Å². The molecule has 0 N–H and O–H groups in total. The van der Waals surface area contributed by atoms with Gasteiger partial charge in [-0.3, -0.25) is 4.79 Å². The smallest absolute Gasteiger partial charge is 0.435 e. The zero-order valence-electron chi connectivity index (χ0n) is 17.3. The Balaban J connectivity index is 1.78. The molecule has 8 nitrogen and oxygen atoms in total. The van der Waals surface area contributed by atoms with Crippen molar-refractivity contribution in [1.29, 1.82) is 0 Å². The number of para-hydroxylation sites is 1. The number of carbonyl (C=O) groups is 1. The normalized spacial score (nSPS) is 14.8. The maximum atomic E-state index is 13.8. The molecule has 0 atom stereocenters. The summed E-state index contributed by atoms with van der Waals surface area (Å²) in [5.74, 6) is 0. The highest BCUT2D eigenvalue weighted by molar-refractivity contribution is 7.20. The number of piperazine rings is 1. The Morgan fingerprint density at radius 1 is 1.19 bits per heavy atom. The van der Waals surface area contributed by atoms with Crippen LogP contribution >= 0.6 is 11.3 Å². The van der Waals surface area contributed by atoms with E-state index in [4.69, 9.17) is 4.74 Å². The van der Waals surface area contributed by atoms with E-state index in [0.29, 0.717) is 5.52 Å². The monoisotopic (exact) mass is 467 g/mol. The molecule has 3 heterocycles. The van der Waals surface area contributed by atoms with Crippen LogP contribution in [0.2, 0.25) is 0 Å². The van der Waals surface area contributed by atoms with Crippen molar-refractivity contribution in [2.24, 2.45) is 0 Å². The van der Waals surface area contributed by atoms with Gasteiger partial charge in [0, 0.05) is 31.7 Å². The highest BCUT2D eigenvalue weighted by Crippen LogP contribution is 2.34. The van der Waals surface area contributed by atoms with Gasteiger partial charge in [-0.1, -0.05) is 23.5 Å². The second-order valence-electron chi connectivity index (χ2n) is 7.17. The number of hydrogen-bond acceptors (Lipinski definition) is 7. The first-order chi connectivity index (χ1) is 15.2. The van der Waals surface area contributed by atoms with Crippen LogP contribution in [0.4, 0.5) is 23.7 Å². The third-order valence-corrected chi connectivity index (χ3v) is 6.17. The summed E-state index contributed by atoms with van der Waals surface area (Å²) in [5, 5.41) is 3.71. The fraction of sp³-hybridized carbons (Fsp3) is 0.400. The number of carbonyl (C=O) groups excluding carboxylic acids is 1. The number of benzene rings is 1. The summed E-state index contributed by atoms with van der Waals surface area (Å²) < 4.78 is 47.8. The first-order valence-corrected chi connectivity index (χ1v) is 10.8. The largest absolute Gasteiger partial charge is 0.450 e. The van der Waals surface area contributed by atoms with Gasteiger partial charge in [0.15, 0.2) is 5.69 Å². The summed E-state index contributed by atoms with van der Waals surface area (Å²) in [4.78, 5) is 32.6. The van der Waals surface area contributed by atoms with Crippen molar-refractivity contribution in [3.63, 3.8) is 0 Å². The molecule has 1 aromatic carbocycles. The van der Waals surface area contributed by atoms with Crippen LogP contribution in [0.25, 0.3) is 15.3 Å². The van der Waals surface area contributed by atoms with E-state index in [1.165, 1.54) is 11.8 Å². The molecular formula is C20H20F3N5O3S. The Kier molecular flexibility index (Phi) is 5.80. The van der Waals surface area contributed by atoms with E-state index in [1.807, 2.05) is 0 Å². The van der Waals surface area contributed by atoms with E-state index in [-0.39, 0.29) is 49.2 Å². The molecule has 1 aliphatic heterocycles. The zero-order chi connectivity index (χ0) is 23.0. The predicted octanol–water partition coefficient (Wildman–Crippen LogP) is 3.45. The van der Waals surface area contributed by atoms with Crippen LogP contribution in [0, 0.1) is 6.92 Å². The number of fused-ring (bicyclic) bond motifs is 1. The fourth-order valence-corrected chi connectivity index (χ4v) is 4.56. The lowest BCUT2D eigenvalue weighted by atomic mass is 10.1. The maximum Gasteiger partial charge on any atom is 0.435 e. The number of aromatic nitrogens is 3. The lowest BCUT2D eigenvalue weighted by Gasteiger charge is -2.36. The first-order valence-electron chi connectivity index (χ1n) is 9.94. The minimum atomic E-state index is -4.75. The van der Waals surface area contributed by atoms with Crippen LogP contribution in [-0.2, 0) is 10.9 Å². The summed E-state index contributed by atoms with van der Waals surface area (Å²) >= 11 is 1.09. The number of ether oxygens (including phenoxy) is 1. The van der Waals surface area contributed by atoms with Crippen molar-refractivity contribution in [1.82, 2.24) is 19.7 Å². The summed E-state index contributed by atoms with van der Waals surface area (Å²) in [6.45, 7) is 3.99. The number of rotatable bonds is 3. The van der Waals surface area contributed by atoms with Gasteiger partial charge in [0.2, 0.25) is 5.13 Å².